The minimum Gasteiger partial charge on any atom is -0.497 e. The van der Waals surface area contributed by atoms with Crippen LogP contribution in [0.4, 0.5) is 0 Å². The second kappa shape index (κ2) is 20.0. The number of nitrogens with zero attached hydrogens (tertiary/aromatic N) is 2. The number of halogens is 2. The van der Waals surface area contributed by atoms with Gasteiger partial charge in [-0.05, 0) is 154 Å². The molecule has 60 heavy (non-hydrogen) atoms. The van der Waals surface area contributed by atoms with Crippen molar-refractivity contribution in [1.82, 2.24) is 9.97 Å². The van der Waals surface area contributed by atoms with E-state index < -0.39 is 0 Å². The number of hydrogen-bond donors (Lipinski definition) is 0. The molecule has 0 unspecified atom stereocenters. The van der Waals surface area contributed by atoms with Crippen LogP contribution < -0.4 is 9.47 Å². The van der Waals surface area contributed by atoms with Crippen LogP contribution in [0.2, 0.25) is 0 Å². The van der Waals surface area contributed by atoms with Gasteiger partial charge in [-0.2, -0.15) is 0 Å². The van der Waals surface area contributed by atoms with E-state index in [4.69, 9.17) is 19.4 Å². The van der Waals surface area contributed by atoms with Gasteiger partial charge >= 0.3 is 0 Å². The van der Waals surface area contributed by atoms with Gasteiger partial charge in [-0.25, -0.2) is 9.97 Å². The Morgan fingerprint density at radius 2 is 0.850 bits per heavy atom. The average Bonchev–Trinajstić information content (AvgIpc) is 4.11. The van der Waals surface area contributed by atoms with E-state index in [1.807, 2.05) is 69.6 Å². The number of ether oxygens (including phenoxy) is 2. The predicted octanol–water partition coefficient (Wildman–Crippen LogP) is 17.7. The third-order valence-corrected chi connectivity index (χ3v) is 17.4. The van der Waals surface area contributed by atoms with Crippen molar-refractivity contribution < 1.29 is 9.47 Å². The molecule has 3 aromatic carbocycles. The highest BCUT2D eigenvalue weighted by Gasteiger charge is 2.22. The molecule has 0 radical (unpaired) electrons. The molecule has 0 fully saturated rings. The molecule has 0 saturated heterocycles. The van der Waals surface area contributed by atoms with Crippen LogP contribution >= 0.6 is 77.2 Å². The highest BCUT2D eigenvalue weighted by molar-refractivity contribution is 9.11. The van der Waals surface area contributed by atoms with Crippen molar-refractivity contribution in [1.29, 1.82) is 0 Å². The maximum Gasteiger partial charge on any atom is 0.118 e. The number of methoxy groups -OCH3 is 2. The Kier molecular flexibility index (Phi) is 14.4. The fourth-order valence-electron chi connectivity index (χ4n) is 7.54. The topological polar surface area (TPSA) is 44.2 Å². The van der Waals surface area contributed by atoms with Crippen LogP contribution in [0.15, 0.2) is 105 Å². The molecule has 0 N–H and O–H groups in total. The van der Waals surface area contributed by atoms with Gasteiger partial charge in [-0.15, -0.1) is 45.3 Å². The molecule has 8 rings (SSSR count). The lowest BCUT2D eigenvalue weighted by Crippen LogP contribution is -1.98. The quantitative estimate of drug-likeness (QED) is 0.0804. The highest BCUT2D eigenvalue weighted by Crippen LogP contribution is 2.47. The van der Waals surface area contributed by atoms with Crippen LogP contribution in [0.1, 0.15) is 76.3 Å². The van der Waals surface area contributed by atoms with Crippen LogP contribution in [-0.4, -0.2) is 24.2 Å². The summed E-state index contributed by atoms with van der Waals surface area (Å²) >= 11 is 15.1. The van der Waals surface area contributed by atoms with Crippen molar-refractivity contribution >= 4 is 88.2 Å². The Morgan fingerprint density at radius 3 is 1.23 bits per heavy atom. The molecule has 8 aromatic rings. The molecule has 10 heteroatoms. The summed E-state index contributed by atoms with van der Waals surface area (Å²) in [7, 11) is 3.39. The lowest BCUT2D eigenvalue weighted by atomic mass is 10.0. The number of thiophene rings is 4. The van der Waals surface area contributed by atoms with Gasteiger partial charge < -0.3 is 9.47 Å². The van der Waals surface area contributed by atoms with Crippen molar-refractivity contribution in [3.8, 4) is 74.4 Å². The van der Waals surface area contributed by atoms with E-state index in [9.17, 15) is 0 Å². The molecular formula is C50H48Br2N2O2S4. The summed E-state index contributed by atoms with van der Waals surface area (Å²) in [5, 5.41) is 0. The number of unbranched alkanes of at least 4 members (excludes halogenated alkanes) is 6. The molecule has 5 heterocycles. The summed E-state index contributed by atoms with van der Waals surface area (Å²) in [6.45, 7) is 4.53. The molecule has 5 aromatic heterocycles. The van der Waals surface area contributed by atoms with Gasteiger partial charge in [-0.1, -0.05) is 64.5 Å². The first kappa shape index (κ1) is 43.0. The third kappa shape index (κ3) is 9.54. The molecule has 308 valence electrons. The molecule has 0 amide bonds. The fraction of sp³-hybridized carbons (Fsp3) is 0.280. The van der Waals surface area contributed by atoms with Crippen LogP contribution in [0.5, 0.6) is 11.5 Å². The number of benzene rings is 3. The predicted molar refractivity (Wildman–Crippen MR) is 268 cm³/mol. The van der Waals surface area contributed by atoms with Crippen molar-refractivity contribution in [3.63, 3.8) is 0 Å². The highest BCUT2D eigenvalue weighted by atomic mass is 79.9. The van der Waals surface area contributed by atoms with Crippen molar-refractivity contribution in [2.45, 2.75) is 78.1 Å². The van der Waals surface area contributed by atoms with Gasteiger partial charge in [0.1, 0.15) is 11.5 Å². The van der Waals surface area contributed by atoms with Gasteiger partial charge in [0.15, 0.2) is 0 Å². The normalized spacial score (nSPS) is 11.5. The van der Waals surface area contributed by atoms with E-state index in [0.717, 1.165) is 69.0 Å². The van der Waals surface area contributed by atoms with Crippen LogP contribution in [-0.2, 0) is 12.8 Å². The summed E-state index contributed by atoms with van der Waals surface area (Å²) in [5.74, 6) is 1.60. The molecule has 0 bridgehead atoms. The first-order valence-electron chi connectivity index (χ1n) is 20.8. The van der Waals surface area contributed by atoms with Gasteiger partial charge in [0.25, 0.3) is 0 Å². The van der Waals surface area contributed by atoms with Crippen molar-refractivity contribution in [2.24, 2.45) is 0 Å². The van der Waals surface area contributed by atoms with E-state index in [-0.39, 0.29) is 0 Å². The molecule has 0 atom stereocenters. The average molecular weight is 997 g/mol. The Bertz CT molecular complexity index is 2510. The zero-order chi connectivity index (χ0) is 41.6. The SMILES string of the molecule is CCCCCCc1cc(-c2ccc(-c3ccc(-c4ccc(-c5cc(CCCCCC)c(Br)s5)s4)c4nc(-c5ccc(OC)cc5)c(-c5ccc(OC)cc5)nc34)s2)sc1Br. The van der Waals surface area contributed by atoms with Gasteiger partial charge in [0.05, 0.1) is 44.2 Å². The number of rotatable bonds is 18. The smallest absolute Gasteiger partial charge is 0.118 e. The van der Waals surface area contributed by atoms with Crippen LogP contribution in [0, 0.1) is 0 Å². The fourth-order valence-corrected chi connectivity index (χ4v) is 13.3. The minimum absolute atomic E-state index is 0.798. The minimum atomic E-state index is 0.798. The zero-order valence-electron chi connectivity index (χ0n) is 34.4. The largest absolute Gasteiger partial charge is 0.497 e. The summed E-state index contributed by atoms with van der Waals surface area (Å²) in [6, 6.07) is 34.6. The Hall–Kier alpha value is -3.64. The lowest BCUT2D eigenvalue weighted by Gasteiger charge is -2.15. The summed E-state index contributed by atoms with van der Waals surface area (Å²) in [5.41, 5.74) is 10.3. The second-order valence-corrected chi connectivity index (χ2v) is 21.9. The van der Waals surface area contributed by atoms with Gasteiger partial charge in [0.2, 0.25) is 0 Å². The maximum atomic E-state index is 5.62. The summed E-state index contributed by atoms with van der Waals surface area (Å²) in [6.07, 6.45) is 12.3. The van der Waals surface area contributed by atoms with E-state index in [0.29, 0.717) is 0 Å². The van der Waals surface area contributed by atoms with E-state index >= 15 is 0 Å². The van der Waals surface area contributed by atoms with Gasteiger partial charge in [-0.3, -0.25) is 0 Å². The number of aryl methyl sites for hydroxylation is 2. The monoisotopic (exact) mass is 994 g/mol. The lowest BCUT2D eigenvalue weighted by molar-refractivity contribution is 0.414. The van der Waals surface area contributed by atoms with E-state index in [1.165, 1.54) is 99.3 Å². The van der Waals surface area contributed by atoms with Crippen LogP contribution in [0.3, 0.4) is 0 Å². The van der Waals surface area contributed by atoms with Crippen molar-refractivity contribution in [2.75, 3.05) is 14.2 Å². The van der Waals surface area contributed by atoms with Crippen molar-refractivity contribution in [3.05, 3.63) is 116 Å². The van der Waals surface area contributed by atoms with E-state index in [1.54, 1.807) is 14.2 Å². The number of aromatic nitrogens is 2. The molecule has 4 nitrogen and oxygen atoms in total. The molecule has 0 saturated carbocycles. The molecule has 0 aliphatic rings. The Morgan fingerprint density at radius 1 is 0.450 bits per heavy atom. The third-order valence-electron chi connectivity index (χ3n) is 10.9. The second-order valence-electron chi connectivity index (χ2n) is 15.0. The molecule has 0 aliphatic heterocycles. The Labute approximate surface area is 387 Å². The first-order chi connectivity index (χ1) is 29.4. The zero-order valence-corrected chi connectivity index (χ0v) is 40.8. The number of hydrogen-bond acceptors (Lipinski definition) is 8. The summed E-state index contributed by atoms with van der Waals surface area (Å²) < 4.78 is 13.6. The standard InChI is InChI=1S/C50H48Br2N2O2S4/c1-5-7-9-11-13-33-29-43(59-49(33)51)41-27-25-39(57-41)37-23-24-38(40-26-28-42(58-40)44-30-34(50(52)60-44)14-12-10-8-6-2)48-47(37)53-45(31-15-19-35(55-3)20-16-31)46(54-48)32-17-21-36(56-4)22-18-32/h15-30H,5-14H2,1-4H3. The summed E-state index contributed by atoms with van der Waals surface area (Å²) in [4.78, 5) is 18.7. The van der Waals surface area contributed by atoms with Gasteiger partial charge in [0, 0.05) is 51.5 Å². The maximum absolute atomic E-state index is 5.62. The Balaban J connectivity index is 1.25. The first-order valence-corrected chi connectivity index (χ1v) is 25.6. The van der Waals surface area contributed by atoms with E-state index in [2.05, 4.69) is 119 Å². The van der Waals surface area contributed by atoms with Crippen LogP contribution in [0.25, 0.3) is 73.9 Å². The molecular weight excluding hydrogens is 949 g/mol. The molecule has 0 spiro atoms. The molecule has 0 aliphatic carbocycles. The number of fused-ring (bicyclic) bond motifs is 1.